The molecule has 2 aromatic heterocycles. The predicted octanol–water partition coefficient (Wildman–Crippen LogP) is 5.59. The molecule has 5 aromatic rings. The number of piperazine rings is 1. The van der Waals surface area contributed by atoms with E-state index in [9.17, 15) is 9.18 Å². The highest BCUT2D eigenvalue weighted by Gasteiger charge is 2.27. The number of hydrogen-bond donors (Lipinski definition) is 1. The summed E-state index contributed by atoms with van der Waals surface area (Å²) in [7, 11) is 2.14. The number of nitrogens with zero attached hydrogens (tertiary/aromatic N) is 6. The van der Waals surface area contributed by atoms with E-state index < -0.39 is 0 Å². The zero-order valence-electron chi connectivity index (χ0n) is 25.8. The molecular weight excluding hydrogens is 565 g/mol. The molecule has 1 N–H and O–H groups in total. The molecule has 1 fully saturated rings. The Morgan fingerprint density at radius 2 is 1.91 bits per heavy atom. The molecule has 45 heavy (non-hydrogen) atoms. The van der Waals surface area contributed by atoms with Crippen molar-refractivity contribution in [2.24, 2.45) is 0 Å². The van der Waals surface area contributed by atoms with Crippen molar-refractivity contribution in [2.45, 2.75) is 32.4 Å². The first-order valence-electron chi connectivity index (χ1n) is 15.1. The van der Waals surface area contributed by atoms with Crippen molar-refractivity contribution >= 4 is 39.1 Å². The minimum absolute atomic E-state index is 0.0807. The van der Waals surface area contributed by atoms with Crippen LogP contribution in [0.25, 0.3) is 21.8 Å². The third-order valence-corrected chi connectivity index (χ3v) is 8.38. The van der Waals surface area contributed by atoms with E-state index in [1.807, 2.05) is 41.1 Å². The molecule has 0 amide bonds. The minimum atomic E-state index is -0.321. The molecule has 228 valence electrons. The van der Waals surface area contributed by atoms with Gasteiger partial charge in [0.05, 0.1) is 29.3 Å². The number of nitrogens with one attached hydrogen (secondary N) is 1. The number of likely N-dealkylation sites (N-methyl/N-ethyl adjacent to an activating group) is 1. The van der Waals surface area contributed by atoms with Gasteiger partial charge in [-0.25, -0.2) is 14.4 Å². The number of rotatable bonds is 8. The number of benzene rings is 3. The van der Waals surface area contributed by atoms with Crippen molar-refractivity contribution in [3.05, 3.63) is 102 Å². The van der Waals surface area contributed by atoms with Crippen molar-refractivity contribution < 1.29 is 9.18 Å². The quantitative estimate of drug-likeness (QED) is 0.184. The number of ketones is 1. The molecule has 8 nitrogen and oxygen atoms in total. The maximum absolute atomic E-state index is 13.7. The van der Waals surface area contributed by atoms with Crippen LogP contribution < -0.4 is 5.32 Å². The van der Waals surface area contributed by atoms with Crippen LogP contribution in [0.15, 0.2) is 79.8 Å². The summed E-state index contributed by atoms with van der Waals surface area (Å²) in [4.78, 5) is 26.4. The van der Waals surface area contributed by atoms with Crippen LogP contribution in [0.4, 0.5) is 15.9 Å². The molecule has 0 atom stereocenters. The van der Waals surface area contributed by atoms with Gasteiger partial charge in [0.15, 0.2) is 5.78 Å². The first-order chi connectivity index (χ1) is 21.7. The fourth-order valence-corrected chi connectivity index (χ4v) is 5.67. The van der Waals surface area contributed by atoms with E-state index in [0.717, 1.165) is 70.4 Å². The van der Waals surface area contributed by atoms with Gasteiger partial charge >= 0.3 is 0 Å². The summed E-state index contributed by atoms with van der Waals surface area (Å²) in [6.07, 6.45) is 4.86. The maximum Gasteiger partial charge on any atom is 0.159 e. The number of anilines is 2. The lowest BCUT2D eigenvalue weighted by Gasteiger charge is -2.40. The molecule has 1 aliphatic rings. The Morgan fingerprint density at radius 1 is 1.09 bits per heavy atom. The number of carbonyl (C=O) groups is 1. The lowest BCUT2D eigenvalue weighted by atomic mass is 9.97. The van der Waals surface area contributed by atoms with Crippen molar-refractivity contribution in [3.63, 3.8) is 0 Å². The molecule has 0 spiro atoms. The molecular formula is C36H36FN7O. The van der Waals surface area contributed by atoms with Gasteiger partial charge in [-0.05, 0) is 80.6 Å². The van der Waals surface area contributed by atoms with Gasteiger partial charge in [-0.15, -0.1) is 0 Å². The molecule has 1 aliphatic heterocycles. The zero-order valence-corrected chi connectivity index (χ0v) is 25.8. The minimum Gasteiger partial charge on any atom is -0.340 e. The molecule has 9 heteroatoms. The van der Waals surface area contributed by atoms with E-state index in [1.54, 1.807) is 12.3 Å². The lowest BCUT2D eigenvalue weighted by molar-refractivity contribution is -0.114. The number of halogens is 1. The van der Waals surface area contributed by atoms with Crippen LogP contribution in [0.1, 0.15) is 30.5 Å². The highest BCUT2D eigenvalue weighted by Crippen LogP contribution is 2.29. The van der Waals surface area contributed by atoms with E-state index in [4.69, 9.17) is 0 Å². The van der Waals surface area contributed by atoms with E-state index >= 15 is 0 Å². The second-order valence-electron chi connectivity index (χ2n) is 12.0. The van der Waals surface area contributed by atoms with Crippen LogP contribution in [-0.2, 0) is 17.8 Å². The van der Waals surface area contributed by atoms with Crippen LogP contribution in [-0.4, -0.2) is 74.1 Å². The monoisotopic (exact) mass is 601 g/mol. The fourth-order valence-electron chi connectivity index (χ4n) is 5.67. The maximum atomic E-state index is 13.7. The second-order valence-corrected chi connectivity index (χ2v) is 12.0. The molecule has 3 heterocycles. The first kappa shape index (κ1) is 30.1. The third kappa shape index (κ3) is 6.78. The number of carbonyl (C=O) groups excluding carboxylic acids is 1. The number of aromatic nitrogens is 4. The number of allylic oxidation sites excluding steroid dienone is 1. The van der Waals surface area contributed by atoms with Gasteiger partial charge in [-0.3, -0.25) is 14.4 Å². The van der Waals surface area contributed by atoms with Gasteiger partial charge in [-0.2, -0.15) is 5.10 Å². The summed E-state index contributed by atoms with van der Waals surface area (Å²) in [5.74, 6) is 7.15. The highest BCUT2D eigenvalue weighted by molar-refractivity contribution is 5.96. The van der Waals surface area contributed by atoms with E-state index in [-0.39, 0.29) is 23.6 Å². The van der Waals surface area contributed by atoms with E-state index in [0.29, 0.717) is 12.4 Å². The summed E-state index contributed by atoms with van der Waals surface area (Å²) >= 11 is 0. The van der Waals surface area contributed by atoms with Gasteiger partial charge in [0.2, 0.25) is 0 Å². The van der Waals surface area contributed by atoms with Gasteiger partial charge in [-0.1, -0.05) is 30.6 Å². The van der Waals surface area contributed by atoms with Crippen molar-refractivity contribution in [3.8, 4) is 11.8 Å². The Kier molecular flexibility index (Phi) is 8.44. The summed E-state index contributed by atoms with van der Waals surface area (Å²) in [5, 5.41) is 9.68. The standard InChI is InChI=1S/C36H36FN7O/c1-5-31(45)19-27-20-32-33(21-26(27)11-12-36(2,3)43-15-13-42(4)14-16-43)38-24-39-35(32)41-30-9-10-34-28(18-30)22-40-44(34)23-25-7-6-8-29(37)17-25/h5-10,17-18,20-22,24H,1,13-16,19,23H2,2-4H3,(H,38,39,41). The third-order valence-electron chi connectivity index (χ3n) is 8.38. The van der Waals surface area contributed by atoms with Crippen LogP contribution in [0, 0.1) is 17.7 Å². The smallest absolute Gasteiger partial charge is 0.159 e. The first-order valence-corrected chi connectivity index (χ1v) is 15.1. The van der Waals surface area contributed by atoms with Gasteiger partial charge < -0.3 is 10.2 Å². The van der Waals surface area contributed by atoms with E-state index in [1.165, 1.54) is 24.5 Å². The Bertz CT molecular complexity index is 1960. The van der Waals surface area contributed by atoms with Gasteiger partial charge in [0.1, 0.15) is 18.0 Å². The average Bonchev–Trinajstić information content (AvgIpc) is 3.42. The Morgan fingerprint density at radius 3 is 2.69 bits per heavy atom. The van der Waals surface area contributed by atoms with E-state index in [2.05, 4.69) is 69.5 Å². The molecule has 0 aliphatic carbocycles. The van der Waals surface area contributed by atoms with Gasteiger partial charge in [0.25, 0.3) is 0 Å². The van der Waals surface area contributed by atoms with Crippen molar-refractivity contribution in [2.75, 3.05) is 38.5 Å². The number of hydrogen-bond acceptors (Lipinski definition) is 7. The Labute approximate surface area is 262 Å². The zero-order chi connectivity index (χ0) is 31.6. The number of fused-ring (bicyclic) bond motifs is 2. The predicted molar refractivity (Wildman–Crippen MR) is 177 cm³/mol. The Balaban J connectivity index is 1.30. The van der Waals surface area contributed by atoms with Crippen molar-refractivity contribution in [1.82, 2.24) is 29.5 Å². The lowest BCUT2D eigenvalue weighted by Crippen LogP contribution is -2.53. The topological polar surface area (TPSA) is 79.2 Å². The summed E-state index contributed by atoms with van der Waals surface area (Å²) in [5.41, 5.74) is 4.59. The summed E-state index contributed by atoms with van der Waals surface area (Å²) < 4.78 is 15.5. The molecule has 0 saturated carbocycles. The van der Waals surface area contributed by atoms with Gasteiger partial charge in [0, 0.05) is 54.6 Å². The average molecular weight is 602 g/mol. The second kappa shape index (κ2) is 12.6. The summed E-state index contributed by atoms with van der Waals surface area (Å²) in [6.45, 7) is 12.4. The van der Waals surface area contributed by atoms with Crippen LogP contribution in [0.5, 0.6) is 0 Å². The normalized spacial score (nSPS) is 14.3. The highest BCUT2D eigenvalue weighted by atomic mass is 19.1. The fraction of sp³-hybridized carbons (Fsp3) is 0.278. The van der Waals surface area contributed by atoms with Crippen molar-refractivity contribution in [1.29, 1.82) is 0 Å². The van der Waals surface area contributed by atoms with Crippen LogP contribution in [0.2, 0.25) is 0 Å². The largest absolute Gasteiger partial charge is 0.340 e. The molecule has 6 rings (SSSR count). The van der Waals surface area contributed by atoms with Crippen LogP contribution in [0.3, 0.4) is 0 Å². The Hall–Kier alpha value is -4.91. The SMILES string of the molecule is C=CC(=O)Cc1cc2c(Nc3ccc4c(cnn4Cc4cccc(F)c4)c3)ncnc2cc1C#CC(C)(C)N1CCN(C)CC1. The molecule has 1 saturated heterocycles. The molecule has 0 radical (unpaired) electrons. The molecule has 0 bridgehead atoms. The molecule has 0 unspecified atom stereocenters. The molecule has 3 aromatic carbocycles. The van der Waals surface area contributed by atoms with Crippen LogP contribution >= 0.6 is 0 Å². The summed E-state index contributed by atoms with van der Waals surface area (Å²) in [6, 6.07) is 16.4.